The number of ether oxygens (including phenoxy) is 1. The lowest BCUT2D eigenvalue weighted by atomic mass is 10.1. The standard InChI is InChI=1S/C22H26ClN5O3S.C12H15ClN2O3S.C10H13N3O.C4H8O.H4P2/c1-22(2,3)28-18-8-9-24-13-19(18)27(21(28)29)14-20-25-16-12-15(23)6-7-17(16)26(20)10-5-11-32(4,30)31;1-19(17,18)6-2-5-15-11-4-3-9(13)7-10(11)14-12(15)8-16;1-10(2,3)13-8-4-5-11-6-7(8)12-9(13)14;1-2-4-5-3-1;1-2/h6-9,12-13H,5,10-11,14H2,1-4H3;3-4,7,16H,2,5-6,8H2,1H3;4-6H,1-3H3,(H,12,14);1-4H2;1-2H2. The first-order chi connectivity index (χ1) is 33.9. The van der Waals surface area contributed by atoms with E-state index in [-0.39, 0.29) is 41.6 Å². The molecule has 0 radical (unpaired) electrons. The fourth-order valence-corrected chi connectivity index (χ4v) is 9.84. The van der Waals surface area contributed by atoms with E-state index in [1.54, 1.807) is 62.8 Å². The lowest BCUT2D eigenvalue weighted by Gasteiger charge is -2.20. The summed E-state index contributed by atoms with van der Waals surface area (Å²) in [5.74, 6) is 1.37. The van der Waals surface area contributed by atoms with Crippen molar-refractivity contribution in [3.8, 4) is 0 Å². The van der Waals surface area contributed by atoms with Gasteiger partial charge in [-0.15, -0.1) is 17.9 Å². The van der Waals surface area contributed by atoms with Gasteiger partial charge < -0.3 is 24.0 Å². The fourth-order valence-electron chi connectivity index (χ4n) is 8.20. The summed E-state index contributed by atoms with van der Waals surface area (Å²) in [6, 6.07) is 14.4. The van der Waals surface area contributed by atoms with Crippen LogP contribution in [0.15, 0.2) is 82.9 Å². The largest absolute Gasteiger partial charge is 0.388 e. The van der Waals surface area contributed by atoms with Gasteiger partial charge in [0.1, 0.15) is 37.9 Å². The molecule has 0 aliphatic carbocycles. The van der Waals surface area contributed by atoms with Crippen LogP contribution in [0.4, 0.5) is 0 Å². The van der Waals surface area contributed by atoms with Gasteiger partial charge in [-0.25, -0.2) is 36.4 Å². The number of hydrogen-bond donors (Lipinski definition) is 2. The third-order valence-electron chi connectivity index (χ3n) is 11.2. The van der Waals surface area contributed by atoms with Gasteiger partial charge in [0, 0.05) is 72.3 Å². The molecule has 0 saturated carbocycles. The zero-order chi connectivity index (χ0) is 53.2. The zero-order valence-corrected chi connectivity index (χ0v) is 47.4. The second-order valence-electron chi connectivity index (χ2n) is 19.1. The van der Waals surface area contributed by atoms with E-state index in [0.29, 0.717) is 58.7 Å². The molecule has 2 unspecified atom stereocenters. The van der Waals surface area contributed by atoms with Crippen molar-refractivity contribution < 1.29 is 26.7 Å². The normalized spacial score (nSPS) is 13.0. The molecular formula is C48H66Cl2N10O8P2S2. The van der Waals surface area contributed by atoms with E-state index < -0.39 is 25.2 Å². The van der Waals surface area contributed by atoms with Gasteiger partial charge in [0.15, 0.2) is 0 Å². The fraction of sp³-hybridized carbons (Fsp3) is 0.458. The maximum Gasteiger partial charge on any atom is 0.330 e. The highest BCUT2D eigenvalue weighted by Crippen LogP contribution is 2.25. The van der Waals surface area contributed by atoms with Crippen LogP contribution in [0.1, 0.15) is 78.9 Å². The van der Waals surface area contributed by atoms with Crippen LogP contribution < -0.4 is 11.4 Å². The summed E-state index contributed by atoms with van der Waals surface area (Å²) in [5.41, 5.74) is 5.47. The molecule has 392 valence electrons. The van der Waals surface area contributed by atoms with Crippen molar-refractivity contribution >= 4 is 105 Å². The Labute approximate surface area is 434 Å². The number of aromatic amines is 1. The van der Waals surface area contributed by atoms with Gasteiger partial charge >= 0.3 is 11.4 Å². The quantitative estimate of drug-likeness (QED) is 0.118. The van der Waals surface area contributed by atoms with Gasteiger partial charge in [0.05, 0.1) is 74.6 Å². The topological polar surface area (TPSA) is 224 Å². The summed E-state index contributed by atoms with van der Waals surface area (Å²) >= 11 is 12.1. The summed E-state index contributed by atoms with van der Waals surface area (Å²) in [4.78, 5) is 45.1. The van der Waals surface area contributed by atoms with E-state index in [1.807, 2.05) is 74.9 Å². The highest BCUT2D eigenvalue weighted by atomic mass is 35.5. The number of halogens is 2. The second-order valence-corrected chi connectivity index (χ2v) is 24.5. The number of aryl methyl sites for hydroxylation is 2. The van der Waals surface area contributed by atoms with Crippen LogP contribution in [0.5, 0.6) is 0 Å². The SMILES string of the molecule is C1CCOC1.CC(C)(C)n1c(=O)[nH]c2cnccc21.CC(C)(C)n1c(=O)n(Cc2nc3cc(Cl)ccc3n2CCCS(C)(=O)=O)c2cnccc21.CS(=O)(=O)CCCn1c(CO)nc2cc(Cl)ccc21.PP. The van der Waals surface area contributed by atoms with Gasteiger partial charge in [0.25, 0.3) is 0 Å². The first kappa shape index (κ1) is 58.4. The van der Waals surface area contributed by atoms with Gasteiger partial charge in [-0.3, -0.25) is 23.7 Å². The second kappa shape index (κ2) is 25.1. The number of nitrogens with zero attached hydrogens (tertiary/aromatic N) is 9. The van der Waals surface area contributed by atoms with Crippen molar-refractivity contribution in [1.29, 1.82) is 0 Å². The van der Waals surface area contributed by atoms with Crippen LogP contribution in [0.25, 0.3) is 44.1 Å². The van der Waals surface area contributed by atoms with Crippen molar-refractivity contribution in [1.82, 2.24) is 47.8 Å². The Kier molecular flexibility index (Phi) is 20.4. The number of nitrogens with one attached hydrogen (secondary N) is 1. The number of rotatable bonds is 11. The molecule has 7 heterocycles. The molecule has 1 aliphatic rings. The number of benzene rings is 2. The van der Waals surface area contributed by atoms with Gasteiger partial charge in [-0.2, -0.15) is 0 Å². The molecule has 1 fully saturated rings. The van der Waals surface area contributed by atoms with E-state index in [2.05, 4.69) is 37.8 Å². The molecule has 18 nitrogen and oxygen atoms in total. The summed E-state index contributed by atoms with van der Waals surface area (Å²) in [6.45, 7) is 15.0. The lowest BCUT2D eigenvalue weighted by molar-refractivity contribution is 0.198. The van der Waals surface area contributed by atoms with Crippen molar-refractivity contribution in [3.63, 3.8) is 0 Å². The number of aliphatic hydroxyl groups is 1. The third kappa shape index (κ3) is 15.5. The van der Waals surface area contributed by atoms with Crippen molar-refractivity contribution in [3.05, 3.63) is 116 Å². The maximum absolute atomic E-state index is 13.4. The molecule has 24 heteroatoms. The molecule has 0 bridgehead atoms. The Hall–Kier alpha value is -4.52. The van der Waals surface area contributed by atoms with E-state index in [9.17, 15) is 31.5 Å². The molecular weight excluding hydrogens is 1040 g/mol. The van der Waals surface area contributed by atoms with Crippen LogP contribution in [0.2, 0.25) is 10.0 Å². The molecule has 2 N–H and O–H groups in total. The van der Waals surface area contributed by atoms with Crippen molar-refractivity contribution in [2.24, 2.45) is 0 Å². The van der Waals surface area contributed by atoms with E-state index in [4.69, 9.17) is 32.9 Å². The number of hydrogen-bond acceptors (Lipinski definition) is 12. The maximum atomic E-state index is 13.4. The number of H-pyrrole nitrogens is 1. The number of sulfone groups is 2. The van der Waals surface area contributed by atoms with E-state index in [1.165, 1.54) is 25.4 Å². The minimum atomic E-state index is -3.08. The predicted octanol–water partition coefficient (Wildman–Crippen LogP) is 7.98. The lowest BCUT2D eigenvalue weighted by Crippen LogP contribution is -2.35. The minimum absolute atomic E-state index is 0.0763. The van der Waals surface area contributed by atoms with Crippen molar-refractivity contribution in [2.45, 2.75) is 105 Å². The van der Waals surface area contributed by atoms with Crippen LogP contribution in [-0.2, 0) is 61.7 Å². The van der Waals surface area contributed by atoms with Crippen molar-refractivity contribution in [2.75, 3.05) is 37.2 Å². The Bertz CT molecular complexity index is 3450. The number of fused-ring (bicyclic) bond motifs is 4. The number of aliphatic hydroxyl groups excluding tert-OH is 1. The first-order valence-corrected chi connectivity index (χ1v) is 30.7. The Balaban J connectivity index is 0.000000203. The Morgan fingerprint density at radius 2 is 1.15 bits per heavy atom. The smallest absolute Gasteiger partial charge is 0.330 e. The van der Waals surface area contributed by atoms with Crippen LogP contribution in [0, 0.1) is 0 Å². The molecule has 72 heavy (non-hydrogen) atoms. The number of aromatic nitrogens is 10. The zero-order valence-electron chi connectivity index (χ0n) is 42.0. The molecule has 2 aromatic carbocycles. The van der Waals surface area contributed by atoms with Gasteiger partial charge in [-0.1, -0.05) is 23.2 Å². The minimum Gasteiger partial charge on any atom is -0.388 e. The Morgan fingerprint density at radius 3 is 1.62 bits per heavy atom. The van der Waals surface area contributed by atoms with Crippen LogP contribution in [-0.4, -0.2) is 107 Å². The molecule has 9 rings (SSSR count). The van der Waals surface area contributed by atoms with E-state index >= 15 is 0 Å². The summed E-state index contributed by atoms with van der Waals surface area (Å²) in [6.07, 6.45) is 12.7. The van der Waals surface area contributed by atoms with E-state index in [0.717, 1.165) is 46.3 Å². The molecule has 0 amide bonds. The average molecular weight is 1110 g/mol. The molecule has 8 aromatic rings. The molecule has 0 spiro atoms. The summed E-state index contributed by atoms with van der Waals surface area (Å²) in [7, 11) is -1.39. The molecule has 1 aliphatic heterocycles. The van der Waals surface area contributed by atoms with Crippen LogP contribution in [0.3, 0.4) is 0 Å². The van der Waals surface area contributed by atoms with Crippen LogP contribution >= 0.6 is 41.1 Å². The molecule has 2 atom stereocenters. The molecule has 6 aromatic heterocycles. The monoisotopic (exact) mass is 1110 g/mol. The van der Waals surface area contributed by atoms with Gasteiger partial charge in [-0.05, 0) is 116 Å². The highest BCUT2D eigenvalue weighted by Gasteiger charge is 2.24. The number of imidazole rings is 4. The average Bonchev–Trinajstić information content (AvgIpc) is 4.14. The summed E-state index contributed by atoms with van der Waals surface area (Å²) in [5, 5.41) is 10.5. The highest BCUT2D eigenvalue weighted by molar-refractivity contribution is 7.92. The van der Waals surface area contributed by atoms with Gasteiger partial charge in [0.2, 0.25) is 0 Å². The first-order valence-electron chi connectivity index (χ1n) is 23.1. The summed E-state index contributed by atoms with van der Waals surface area (Å²) < 4.78 is 59.4. The molecule has 1 saturated heterocycles. The predicted molar refractivity (Wildman–Crippen MR) is 297 cm³/mol. The number of pyridine rings is 2. The Morgan fingerprint density at radius 1 is 0.667 bits per heavy atom. The third-order valence-corrected chi connectivity index (χ3v) is 13.7.